The van der Waals surface area contributed by atoms with Crippen molar-refractivity contribution in [1.82, 2.24) is 19.3 Å². The molecular formula is C24H21ClN4O5S. The number of rotatable bonds is 5. The molecule has 1 aliphatic heterocycles. The molecule has 0 atom stereocenters. The molecule has 0 unspecified atom stereocenters. The van der Waals surface area contributed by atoms with Crippen LogP contribution in [0.25, 0.3) is 16.7 Å². The largest absolute Gasteiger partial charge is 0.421 e. The molecule has 180 valence electrons. The number of hydrogen-bond acceptors (Lipinski definition) is 7. The van der Waals surface area contributed by atoms with Crippen molar-refractivity contribution in [2.45, 2.75) is 11.8 Å². The van der Waals surface area contributed by atoms with Crippen LogP contribution in [0.15, 0.2) is 65.6 Å². The molecule has 2 heterocycles. The molecule has 1 aromatic heterocycles. The van der Waals surface area contributed by atoms with E-state index >= 15 is 0 Å². The van der Waals surface area contributed by atoms with Crippen LogP contribution < -0.4 is 4.74 Å². The van der Waals surface area contributed by atoms with Gasteiger partial charge in [0.15, 0.2) is 5.75 Å². The van der Waals surface area contributed by atoms with E-state index in [0.717, 1.165) is 5.56 Å². The molecule has 35 heavy (non-hydrogen) atoms. The van der Waals surface area contributed by atoms with E-state index < -0.39 is 16.0 Å². The van der Waals surface area contributed by atoms with E-state index in [2.05, 4.69) is 10.2 Å². The van der Waals surface area contributed by atoms with Gasteiger partial charge in [0.2, 0.25) is 10.0 Å². The summed E-state index contributed by atoms with van der Waals surface area (Å²) >= 11 is 6.22. The van der Waals surface area contributed by atoms with Crippen molar-refractivity contribution in [3.8, 4) is 11.4 Å². The summed E-state index contributed by atoms with van der Waals surface area (Å²) in [4.78, 5) is 14.3. The summed E-state index contributed by atoms with van der Waals surface area (Å²) in [6, 6.07) is 16.7. The summed E-state index contributed by atoms with van der Waals surface area (Å²) in [7, 11) is -3.90. The Morgan fingerprint density at radius 3 is 2.37 bits per heavy atom. The molecule has 1 saturated heterocycles. The minimum Gasteiger partial charge on any atom is -0.421 e. The number of nitrogens with zero attached hydrogens (tertiary/aromatic N) is 4. The van der Waals surface area contributed by atoms with E-state index in [-0.39, 0.29) is 34.3 Å². The molecule has 0 aliphatic carbocycles. The molecule has 4 aromatic rings. The zero-order valence-electron chi connectivity index (χ0n) is 18.7. The zero-order valence-corrected chi connectivity index (χ0v) is 20.3. The van der Waals surface area contributed by atoms with Crippen LogP contribution in [0.2, 0.25) is 5.02 Å². The van der Waals surface area contributed by atoms with Crippen molar-refractivity contribution in [2.75, 3.05) is 26.3 Å². The molecule has 0 spiro atoms. The molecule has 9 nitrogen and oxygen atoms in total. The smallest absolute Gasteiger partial charge is 0.343 e. The molecule has 5 rings (SSSR count). The summed E-state index contributed by atoms with van der Waals surface area (Å²) < 4.78 is 38.4. The van der Waals surface area contributed by atoms with E-state index in [1.54, 1.807) is 18.2 Å². The number of carbonyl (C=O) groups excluding carboxylic acids is 1. The van der Waals surface area contributed by atoms with Gasteiger partial charge in [0.05, 0.1) is 23.8 Å². The number of morpholine rings is 1. The summed E-state index contributed by atoms with van der Waals surface area (Å²) in [6.45, 7) is 2.92. The highest BCUT2D eigenvalue weighted by molar-refractivity contribution is 7.89. The van der Waals surface area contributed by atoms with Gasteiger partial charge in [-0.25, -0.2) is 13.2 Å². The van der Waals surface area contributed by atoms with Crippen molar-refractivity contribution in [3.05, 3.63) is 76.8 Å². The Morgan fingerprint density at radius 1 is 1.00 bits per heavy atom. The first kappa shape index (κ1) is 23.4. The lowest BCUT2D eigenvalue weighted by atomic mass is 10.2. The summed E-state index contributed by atoms with van der Waals surface area (Å²) in [5.74, 6) is -0.504. The van der Waals surface area contributed by atoms with Crippen molar-refractivity contribution in [1.29, 1.82) is 0 Å². The fourth-order valence-corrected chi connectivity index (χ4v) is 5.66. The lowest BCUT2D eigenvalue weighted by Crippen LogP contribution is -2.40. The van der Waals surface area contributed by atoms with Crippen LogP contribution in [0.5, 0.6) is 5.75 Å². The van der Waals surface area contributed by atoms with Crippen LogP contribution in [-0.2, 0) is 14.8 Å². The van der Waals surface area contributed by atoms with E-state index in [4.69, 9.17) is 21.1 Å². The molecule has 0 radical (unpaired) electrons. The maximum absolute atomic E-state index is 13.1. The van der Waals surface area contributed by atoms with Crippen molar-refractivity contribution >= 4 is 38.6 Å². The number of aromatic nitrogens is 3. The third kappa shape index (κ3) is 4.65. The standard InChI is InChI=1S/C24H21ClN4O5S/c1-16-6-9-22(21(14-16)29-26-19-4-2-3-5-20(19)27-29)34-24(30)17-7-8-18(25)23(15-17)35(31,32)28-10-12-33-13-11-28/h2-9,14-15H,10-13H2,1H3. The number of benzene rings is 3. The highest BCUT2D eigenvalue weighted by Crippen LogP contribution is 2.29. The average molecular weight is 513 g/mol. The van der Waals surface area contributed by atoms with Gasteiger partial charge in [-0.15, -0.1) is 15.0 Å². The highest BCUT2D eigenvalue weighted by Gasteiger charge is 2.29. The van der Waals surface area contributed by atoms with Crippen LogP contribution in [-0.4, -0.2) is 60.0 Å². The minimum atomic E-state index is -3.90. The van der Waals surface area contributed by atoms with Gasteiger partial charge in [-0.1, -0.05) is 29.8 Å². The van der Waals surface area contributed by atoms with Gasteiger partial charge in [0.25, 0.3) is 0 Å². The monoisotopic (exact) mass is 512 g/mol. The fraction of sp³-hybridized carbons (Fsp3) is 0.208. The number of aryl methyl sites for hydroxylation is 1. The number of halogens is 1. The Balaban J connectivity index is 1.47. The first-order valence-electron chi connectivity index (χ1n) is 10.9. The zero-order chi connectivity index (χ0) is 24.6. The number of hydrogen-bond donors (Lipinski definition) is 0. The van der Waals surface area contributed by atoms with Crippen LogP contribution in [0.3, 0.4) is 0 Å². The fourth-order valence-electron chi connectivity index (χ4n) is 3.75. The van der Waals surface area contributed by atoms with Crippen molar-refractivity contribution in [2.24, 2.45) is 0 Å². The van der Waals surface area contributed by atoms with Crippen LogP contribution in [0.4, 0.5) is 0 Å². The van der Waals surface area contributed by atoms with Gasteiger partial charge < -0.3 is 9.47 Å². The lowest BCUT2D eigenvalue weighted by molar-refractivity contribution is 0.0727. The van der Waals surface area contributed by atoms with Gasteiger partial charge in [0, 0.05) is 13.1 Å². The second kappa shape index (κ2) is 9.38. The van der Waals surface area contributed by atoms with Gasteiger partial charge in [-0.3, -0.25) is 0 Å². The molecule has 11 heteroatoms. The Hall–Kier alpha value is -3.31. The van der Waals surface area contributed by atoms with E-state index in [1.807, 2.05) is 31.2 Å². The molecule has 0 saturated carbocycles. The van der Waals surface area contributed by atoms with Crippen LogP contribution in [0.1, 0.15) is 15.9 Å². The Morgan fingerprint density at radius 2 is 1.69 bits per heavy atom. The summed E-state index contributed by atoms with van der Waals surface area (Å²) in [5, 5.41) is 8.98. The normalized spacial score (nSPS) is 14.8. The molecule has 1 aliphatic rings. The van der Waals surface area contributed by atoms with Gasteiger partial charge in [-0.2, -0.15) is 4.31 Å². The second-order valence-corrected chi connectivity index (χ2v) is 10.3. The average Bonchev–Trinajstić information content (AvgIpc) is 3.30. The minimum absolute atomic E-state index is 0.0245. The molecular weight excluding hydrogens is 492 g/mol. The van der Waals surface area contributed by atoms with Crippen LogP contribution >= 0.6 is 11.6 Å². The predicted molar refractivity (Wildman–Crippen MR) is 130 cm³/mol. The van der Waals surface area contributed by atoms with E-state index in [9.17, 15) is 13.2 Å². The molecule has 0 N–H and O–H groups in total. The topological polar surface area (TPSA) is 104 Å². The van der Waals surface area contributed by atoms with E-state index in [0.29, 0.717) is 29.9 Å². The number of sulfonamides is 1. The maximum atomic E-state index is 13.1. The second-order valence-electron chi connectivity index (χ2n) is 8.00. The molecule has 0 bridgehead atoms. The molecule has 0 amide bonds. The maximum Gasteiger partial charge on any atom is 0.343 e. The summed E-state index contributed by atoms with van der Waals surface area (Å²) in [6.07, 6.45) is 0. The Labute approximate surface area is 206 Å². The van der Waals surface area contributed by atoms with Crippen molar-refractivity contribution < 1.29 is 22.7 Å². The Bertz CT molecular complexity index is 1500. The lowest BCUT2D eigenvalue weighted by Gasteiger charge is -2.26. The summed E-state index contributed by atoms with van der Waals surface area (Å²) in [5.41, 5.74) is 2.84. The predicted octanol–water partition coefficient (Wildman–Crippen LogP) is 3.62. The van der Waals surface area contributed by atoms with Gasteiger partial charge in [0.1, 0.15) is 21.6 Å². The third-order valence-electron chi connectivity index (χ3n) is 5.57. The van der Waals surface area contributed by atoms with Crippen molar-refractivity contribution in [3.63, 3.8) is 0 Å². The first-order chi connectivity index (χ1) is 16.8. The van der Waals surface area contributed by atoms with Gasteiger partial charge in [-0.05, 0) is 55.0 Å². The SMILES string of the molecule is Cc1ccc(OC(=O)c2ccc(Cl)c(S(=O)(=O)N3CCOCC3)c2)c(-n2nc3ccccc3n2)c1. The molecule has 3 aromatic carbocycles. The first-order valence-corrected chi connectivity index (χ1v) is 12.7. The van der Waals surface area contributed by atoms with Gasteiger partial charge >= 0.3 is 5.97 Å². The Kier molecular flexibility index (Phi) is 6.28. The van der Waals surface area contributed by atoms with Crippen LogP contribution in [0, 0.1) is 6.92 Å². The number of carbonyl (C=O) groups is 1. The number of fused-ring (bicyclic) bond motifs is 1. The molecule has 1 fully saturated rings. The number of ether oxygens (including phenoxy) is 2. The van der Waals surface area contributed by atoms with E-state index in [1.165, 1.54) is 27.3 Å². The highest BCUT2D eigenvalue weighted by atomic mass is 35.5. The number of esters is 1. The third-order valence-corrected chi connectivity index (χ3v) is 7.95. The quantitative estimate of drug-likeness (QED) is 0.297.